The summed E-state index contributed by atoms with van der Waals surface area (Å²) in [7, 11) is 0. The highest BCUT2D eigenvalue weighted by Crippen LogP contribution is 2.38. The van der Waals surface area contributed by atoms with Gasteiger partial charge in [-0.1, -0.05) is 59.1 Å². The minimum atomic E-state index is -0.605. The maximum atomic E-state index is 13.2. The maximum absolute atomic E-state index is 13.2. The normalized spacial score (nSPS) is 14.7. The summed E-state index contributed by atoms with van der Waals surface area (Å²) in [6.45, 7) is 2.33. The van der Waals surface area contributed by atoms with Crippen LogP contribution in [0.2, 0.25) is 15.1 Å². The van der Waals surface area contributed by atoms with Crippen LogP contribution in [0.25, 0.3) is 6.08 Å². The number of para-hydroxylation sites is 1. The molecule has 1 aliphatic heterocycles. The van der Waals surface area contributed by atoms with Gasteiger partial charge in [-0.05, 0) is 72.7 Å². The van der Waals surface area contributed by atoms with Gasteiger partial charge in [0.2, 0.25) is 0 Å². The molecule has 0 atom stereocenters. The van der Waals surface area contributed by atoms with E-state index in [1.165, 1.54) is 11.0 Å². The highest BCUT2D eigenvalue weighted by Gasteiger charge is 2.34. The third kappa shape index (κ3) is 5.65. The summed E-state index contributed by atoms with van der Waals surface area (Å²) >= 11 is 23.8. The van der Waals surface area contributed by atoms with E-state index in [4.69, 9.17) is 56.5 Å². The number of nitrogens with zero attached hydrogens (tertiary/aromatic N) is 1. The number of carbonyl (C=O) groups is 2. The molecule has 0 aromatic heterocycles. The summed E-state index contributed by atoms with van der Waals surface area (Å²) in [5.41, 5.74) is 1.70. The van der Waals surface area contributed by atoms with E-state index in [9.17, 15) is 9.59 Å². The minimum Gasteiger partial charge on any atom is -0.490 e. The van der Waals surface area contributed by atoms with Gasteiger partial charge >= 0.3 is 0 Å². The van der Waals surface area contributed by atoms with Crippen LogP contribution >= 0.6 is 47.0 Å². The summed E-state index contributed by atoms with van der Waals surface area (Å²) in [5.74, 6) is -0.482. The van der Waals surface area contributed by atoms with Crippen molar-refractivity contribution < 1.29 is 19.1 Å². The fourth-order valence-electron chi connectivity index (χ4n) is 3.49. The van der Waals surface area contributed by atoms with Crippen molar-refractivity contribution in [2.75, 3.05) is 11.5 Å². The summed E-state index contributed by atoms with van der Waals surface area (Å²) in [6, 6.07) is 17.2. The molecule has 6 nitrogen and oxygen atoms in total. The summed E-state index contributed by atoms with van der Waals surface area (Å²) in [4.78, 5) is 27.1. The van der Waals surface area contributed by atoms with Crippen LogP contribution in [0.15, 0.2) is 66.2 Å². The molecule has 0 aliphatic carbocycles. The number of hydrogen-bond donors (Lipinski definition) is 1. The Kier molecular flexibility index (Phi) is 8.16. The van der Waals surface area contributed by atoms with Crippen molar-refractivity contribution in [2.24, 2.45) is 0 Å². The lowest BCUT2D eigenvalue weighted by Crippen LogP contribution is -2.54. The average molecular weight is 562 g/mol. The molecule has 3 aromatic carbocycles. The molecular weight excluding hydrogens is 543 g/mol. The molecule has 0 spiro atoms. The fourth-order valence-corrected chi connectivity index (χ4v) is 4.37. The van der Waals surface area contributed by atoms with Crippen LogP contribution in [0, 0.1) is 0 Å². The van der Waals surface area contributed by atoms with Gasteiger partial charge < -0.3 is 9.47 Å². The quantitative estimate of drug-likeness (QED) is 0.204. The summed E-state index contributed by atoms with van der Waals surface area (Å²) in [6.07, 6.45) is 1.44. The van der Waals surface area contributed by atoms with Gasteiger partial charge in [0.15, 0.2) is 16.6 Å². The van der Waals surface area contributed by atoms with Crippen LogP contribution in [0.5, 0.6) is 11.5 Å². The molecule has 0 bridgehead atoms. The number of carbonyl (C=O) groups excluding carboxylic acids is 2. The molecule has 1 aliphatic rings. The first-order valence-corrected chi connectivity index (χ1v) is 12.3. The van der Waals surface area contributed by atoms with Gasteiger partial charge in [-0.15, -0.1) is 0 Å². The van der Waals surface area contributed by atoms with Crippen molar-refractivity contribution in [3.05, 3.63) is 92.4 Å². The van der Waals surface area contributed by atoms with Gasteiger partial charge in [-0.2, -0.15) is 0 Å². The van der Waals surface area contributed by atoms with E-state index >= 15 is 0 Å². The Hall–Kier alpha value is -3.10. The molecule has 1 fully saturated rings. The number of ether oxygens (including phenoxy) is 2. The molecule has 10 heteroatoms. The highest BCUT2D eigenvalue weighted by molar-refractivity contribution is 7.80. The van der Waals surface area contributed by atoms with Crippen LogP contribution in [0.1, 0.15) is 18.1 Å². The van der Waals surface area contributed by atoms with Crippen molar-refractivity contribution in [3.8, 4) is 11.5 Å². The Bertz CT molecular complexity index is 1380. The Morgan fingerprint density at radius 1 is 0.944 bits per heavy atom. The van der Waals surface area contributed by atoms with Crippen molar-refractivity contribution in [1.29, 1.82) is 0 Å². The third-order valence-corrected chi connectivity index (χ3v) is 6.43. The largest absolute Gasteiger partial charge is 0.490 e. The van der Waals surface area contributed by atoms with E-state index < -0.39 is 11.8 Å². The van der Waals surface area contributed by atoms with Crippen LogP contribution in [-0.2, 0) is 16.2 Å². The smallest absolute Gasteiger partial charge is 0.270 e. The lowest BCUT2D eigenvalue weighted by atomic mass is 10.1. The Morgan fingerprint density at radius 2 is 1.69 bits per heavy atom. The lowest BCUT2D eigenvalue weighted by molar-refractivity contribution is -0.122. The molecule has 0 unspecified atom stereocenters. The van der Waals surface area contributed by atoms with Gasteiger partial charge in [0, 0.05) is 0 Å². The second-order valence-electron chi connectivity index (χ2n) is 7.59. The summed E-state index contributed by atoms with van der Waals surface area (Å²) in [5, 5.41) is 3.67. The lowest BCUT2D eigenvalue weighted by Gasteiger charge is -2.28. The van der Waals surface area contributed by atoms with E-state index in [1.807, 2.05) is 13.0 Å². The van der Waals surface area contributed by atoms with Crippen molar-refractivity contribution in [2.45, 2.75) is 13.5 Å². The molecule has 1 heterocycles. The van der Waals surface area contributed by atoms with E-state index in [-0.39, 0.29) is 22.3 Å². The molecule has 1 saturated heterocycles. The van der Waals surface area contributed by atoms with Crippen LogP contribution < -0.4 is 19.7 Å². The predicted octanol–water partition coefficient (Wildman–Crippen LogP) is 6.46. The SMILES string of the molecule is CCOc1cc(/C=C2/C(=O)NC(=S)N(c3ccccc3)C2=O)cc(Cl)c1OCc1ccc(Cl)c(Cl)c1. The van der Waals surface area contributed by atoms with Crippen LogP contribution in [0.3, 0.4) is 0 Å². The van der Waals surface area contributed by atoms with E-state index in [0.29, 0.717) is 39.4 Å². The van der Waals surface area contributed by atoms with E-state index in [2.05, 4.69) is 5.32 Å². The number of halogens is 3. The van der Waals surface area contributed by atoms with Gasteiger partial charge in [-0.3, -0.25) is 19.8 Å². The maximum Gasteiger partial charge on any atom is 0.270 e. The third-order valence-electron chi connectivity index (χ3n) is 5.13. The monoisotopic (exact) mass is 560 g/mol. The molecule has 1 N–H and O–H groups in total. The topological polar surface area (TPSA) is 67.9 Å². The van der Waals surface area contributed by atoms with Crippen LogP contribution in [-0.4, -0.2) is 23.5 Å². The predicted molar refractivity (Wildman–Crippen MR) is 146 cm³/mol. The highest BCUT2D eigenvalue weighted by atomic mass is 35.5. The minimum absolute atomic E-state index is 0.00689. The zero-order chi connectivity index (χ0) is 25.8. The molecule has 0 saturated carbocycles. The number of anilines is 1. The first-order valence-electron chi connectivity index (χ1n) is 10.8. The fraction of sp³-hybridized carbons (Fsp3) is 0.115. The van der Waals surface area contributed by atoms with Gasteiger partial charge in [0.1, 0.15) is 12.2 Å². The molecule has 36 heavy (non-hydrogen) atoms. The second kappa shape index (κ2) is 11.3. The zero-order valence-electron chi connectivity index (χ0n) is 18.9. The number of hydrogen-bond acceptors (Lipinski definition) is 5. The van der Waals surface area contributed by atoms with Crippen LogP contribution in [0.4, 0.5) is 5.69 Å². The summed E-state index contributed by atoms with van der Waals surface area (Å²) < 4.78 is 11.7. The molecular formula is C26H19Cl3N2O4S. The standard InChI is InChI=1S/C26H19Cl3N2O4S/c1-2-34-22-13-16(12-21(29)23(22)35-14-15-8-9-19(27)20(28)11-15)10-18-24(32)30-26(36)31(25(18)33)17-6-4-3-5-7-17/h3-13H,2,14H2,1H3,(H,30,32,36)/b18-10-. The first kappa shape index (κ1) is 26.0. The number of thiocarbonyl (C=S) groups is 1. The number of nitrogens with one attached hydrogen (secondary N) is 1. The number of amides is 2. The molecule has 2 amide bonds. The van der Waals surface area contributed by atoms with E-state index in [0.717, 1.165) is 5.56 Å². The first-order chi connectivity index (χ1) is 17.3. The van der Waals surface area contributed by atoms with Gasteiger partial charge in [0.05, 0.1) is 27.4 Å². The Balaban J connectivity index is 1.65. The van der Waals surface area contributed by atoms with Crippen molar-refractivity contribution >= 4 is 75.7 Å². The number of benzene rings is 3. The second-order valence-corrected chi connectivity index (χ2v) is 9.20. The average Bonchev–Trinajstić information content (AvgIpc) is 2.84. The van der Waals surface area contributed by atoms with Crippen molar-refractivity contribution in [1.82, 2.24) is 5.32 Å². The van der Waals surface area contributed by atoms with E-state index in [1.54, 1.807) is 54.6 Å². The molecule has 0 radical (unpaired) electrons. The molecule has 3 aromatic rings. The van der Waals surface area contributed by atoms with Crippen molar-refractivity contribution in [3.63, 3.8) is 0 Å². The molecule has 184 valence electrons. The van der Waals surface area contributed by atoms with Gasteiger partial charge in [-0.25, -0.2) is 0 Å². The molecule has 4 rings (SSSR count). The Morgan fingerprint density at radius 3 is 2.39 bits per heavy atom. The van der Waals surface area contributed by atoms with Gasteiger partial charge in [0.25, 0.3) is 11.8 Å². The number of rotatable bonds is 7. The Labute approximate surface area is 228 Å². The zero-order valence-corrected chi connectivity index (χ0v) is 22.0.